The number of aromatic amines is 2. The number of nitrogens with one attached hydrogen (secondary N) is 3. The maximum atomic E-state index is 9.21. The van der Waals surface area contributed by atoms with Crippen LogP contribution in [-0.4, -0.2) is 51.6 Å². The Kier molecular flexibility index (Phi) is 4.72. The fourth-order valence-corrected chi connectivity index (χ4v) is 2.42. The molecule has 0 aliphatic heterocycles. The molecule has 0 spiro atoms. The zero-order valence-corrected chi connectivity index (χ0v) is 14.2. The number of fused-ring (bicyclic) bond motifs is 1. The molecule has 0 aliphatic rings. The number of aromatic nitrogens is 5. The third-order valence-corrected chi connectivity index (χ3v) is 3.40. The maximum absolute atomic E-state index is 9.21. The fraction of sp³-hybridized carbons (Fsp3) is 0.312. The highest BCUT2D eigenvalue weighted by atomic mass is 16.5. The number of pyridine rings is 1. The molecule has 0 radical (unpaired) electrons. The second-order valence-electron chi connectivity index (χ2n) is 5.88. The Morgan fingerprint density at radius 3 is 3.04 bits per heavy atom. The van der Waals surface area contributed by atoms with E-state index < -0.39 is 0 Å². The van der Waals surface area contributed by atoms with Gasteiger partial charge in [0.2, 0.25) is 11.5 Å². The summed E-state index contributed by atoms with van der Waals surface area (Å²) < 4.78 is 5.78. The molecule has 3 N–H and O–H groups in total. The van der Waals surface area contributed by atoms with E-state index in [1.807, 2.05) is 38.1 Å². The van der Waals surface area contributed by atoms with E-state index in [-0.39, 0.29) is 17.7 Å². The largest absolute Gasteiger partial charge is 0.471 e. The normalized spacial score (nSPS) is 12.1. The molecule has 3 heterocycles. The van der Waals surface area contributed by atoms with Crippen molar-refractivity contribution in [3.63, 3.8) is 0 Å². The van der Waals surface area contributed by atoms with E-state index in [1.54, 1.807) is 12.5 Å². The Bertz CT molecular complexity index is 914. The number of ether oxygens (including phenoxy) is 1. The van der Waals surface area contributed by atoms with Crippen LogP contribution in [0.2, 0.25) is 0 Å². The molecule has 0 fully saturated rings. The number of hydrogen-bond donors (Lipinski definition) is 2. The van der Waals surface area contributed by atoms with Gasteiger partial charge in [0, 0.05) is 6.54 Å². The minimum atomic E-state index is -0.126. The number of anilines is 2. The van der Waals surface area contributed by atoms with E-state index in [0.717, 1.165) is 11.0 Å². The van der Waals surface area contributed by atoms with Gasteiger partial charge in [-0.2, -0.15) is 10.2 Å². The van der Waals surface area contributed by atoms with Crippen molar-refractivity contribution in [1.82, 2.24) is 24.8 Å². The Hall–Kier alpha value is -3.25. The van der Waals surface area contributed by atoms with Gasteiger partial charge in [-0.15, -0.1) is 0 Å². The van der Waals surface area contributed by atoms with Crippen LogP contribution in [0.15, 0.2) is 24.8 Å². The highest BCUT2D eigenvalue weighted by Crippen LogP contribution is 2.19. The number of imidazole rings is 1. The second kappa shape index (κ2) is 7.11. The summed E-state index contributed by atoms with van der Waals surface area (Å²) in [5, 5.41) is 12.3. The predicted molar refractivity (Wildman–Crippen MR) is 91.3 cm³/mol. The maximum Gasteiger partial charge on any atom is 0.280 e. The second-order valence-corrected chi connectivity index (χ2v) is 5.88. The minimum absolute atomic E-state index is 0.126. The third-order valence-electron chi connectivity index (χ3n) is 3.40. The van der Waals surface area contributed by atoms with Gasteiger partial charge >= 0.3 is 0 Å². The molecule has 25 heavy (non-hydrogen) atoms. The number of H-pyrrole nitrogens is 2. The van der Waals surface area contributed by atoms with Gasteiger partial charge in [-0.25, -0.2) is 20.3 Å². The summed E-state index contributed by atoms with van der Waals surface area (Å²) in [6.45, 7) is 2.62. The van der Waals surface area contributed by atoms with Crippen molar-refractivity contribution in [2.24, 2.45) is 0 Å². The minimum Gasteiger partial charge on any atom is -0.471 e. The Morgan fingerprint density at radius 1 is 1.44 bits per heavy atom. The van der Waals surface area contributed by atoms with Crippen LogP contribution in [0.3, 0.4) is 0 Å². The van der Waals surface area contributed by atoms with Crippen LogP contribution in [0.25, 0.3) is 11.0 Å². The number of nitrogens with zero attached hydrogens (tertiary/aromatic N) is 5. The lowest BCUT2D eigenvalue weighted by Crippen LogP contribution is -2.28. The number of hydrogen-bond acceptors (Lipinski definition) is 7. The van der Waals surface area contributed by atoms with Gasteiger partial charge in [0.05, 0.1) is 18.6 Å². The van der Waals surface area contributed by atoms with Crippen molar-refractivity contribution in [2.45, 2.75) is 13.0 Å². The van der Waals surface area contributed by atoms with Gasteiger partial charge < -0.3 is 14.6 Å². The van der Waals surface area contributed by atoms with E-state index in [2.05, 4.69) is 30.2 Å². The smallest absolute Gasteiger partial charge is 0.280 e. The van der Waals surface area contributed by atoms with E-state index >= 15 is 0 Å². The van der Waals surface area contributed by atoms with Gasteiger partial charge in [-0.1, -0.05) is 0 Å². The zero-order chi connectivity index (χ0) is 17.8. The van der Waals surface area contributed by atoms with Crippen molar-refractivity contribution in [2.75, 3.05) is 26.0 Å². The molecular weight excluding hydrogens is 320 g/mol. The first-order valence-corrected chi connectivity index (χ1v) is 7.75. The molecule has 9 nitrogen and oxygen atoms in total. The fourth-order valence-electron chi connectivity index (χ4n) is 2.42. The summed E-state index contributed by atoms with van der Waals surface area (Å²) in [6, 6.07) is 3.85. The van der Waals surface area contributed by atoms with Crippen LogP contribution in [0.1, 0.15) is 12.6 Å². The molecule has 0 saturated heterocycles. The SMILES string of the molecule is CC(CN(C)C)Oc1nc(Nc2cc3nc[nH]c3c[nH+]2)cnc1C#N. The van der Waals surface area contributed by atoms with Crippen molar-refractivity contribution in [1.29, 1.82) is 5.26 Å². The first-order valence-electron chi connectivity index (χ1n) is 7.75. The topological polar surface area (TPSA) is 117 Å². The molecule has 0 amide bonds. The monoisotopic (exact) mass is 339 g/mol. The third kappa shape index (κ3) is 3.99. The molecule has 0 aromatic carbocycles. The molecule has 0 aliphatic carbocycles. The van der Waals surface area contributed by atoms with E-state index in [1.165, 1.54) is 6.20 Å². The molecule has 0 bridgehead atoms. The molecule has 1 atom stereocenters. The van der Waals surface area contributed by atoms with E-state index in [9.17, 15) is 5.26 Å². The van der Waals surface area contributed by atoms with Crippen molar-refractivity contribution < 1.29 is 9.72 Å². The van der Waals surface area contributed by atoms with Gasteiger partial charge in [0.1, 0.15) is 29.4 Å². The average molecular weight is 339 g/mol. The van der Waals surface area contributed by atoms with Gasteiger partial charge in [-0.3, -0.25) is 0 Å². The van der Waals surface area contributed by atoms with Crippen LogP contribution < -0.4 is 15.0 Å². The summed E-state index contributed by atoms with van der Waals surface area (Å²) in [6.07, 6.45) is 4.80. The molecule has 0 saturated carbocycles. The molecule has 3 rings (SSSR count). The van der Waals surface area contributed by atoms with Crippen molar-refractivity contribution in [3.8, 4) is 11.9 Å². The Labute approximate surface area is 144 Å². The molecule has 3 aromatic rings. The lowest BCUT2D eigenvalue weighted by Gasteiger charge is -2.18. The average Bonchev–Trinajstić information content (AvgIpc) is 3.02. The van der Waals surface area contributed by atoms with E-state index in [4.69, 9.17) is 4.74 Å². The van der Waals surface area contributed by atoms with Gasteiger partial charge in [-0.05, 0) is 21.0 Å². The molecule has 9 heteroatoms. The van der Waals surface area contributed by atoms with E-state index in [0.29, 0.717) is 18.2 Å². The molecule has 128 valence electrons. The highest BCUT2D eigenvalue weighted by Gasteiger charge is 2.16. The van der Waals surface area contributed by atoms with Crippen LogP contribution in [-0.2, 0) is 0 Å². The quantitative estimate of drug-likeness (QED) is 0.691. The lowest BCUT2D eigenvalue weighted by molar-refractivity contribution is -0.358. The first kappa shape index (κ1) is 16.6. The Morgan fingerprint density at radius 2 is 2.28 bits per heavy atom. The van der Waals surface area contributed by atoms with Gasteiger partial charge in [0.25, 0.3) is 11.7 Å². The Balaban J connectivity index is 1.81. The number of nitriles is 1. The summed E-state index contributed by atoms with van der Waals surface area (Å²) in [4.78, 5) is 20.8. The lowest BCUT2D eigenvalue weighted by atomic mass is 10.3. The summed E-state index contributed by atoms with van der Waals surface area (Å²) in [7, 11) is 3.91. The predicted octanol–water partition coefficient (Wildman–Crippen LogP) is 1.11. The molecule has 3 aromatic heterocycles. The number of rotatable bonds is 6. The first-order chi connectivity index (χ1) is 12.0. The van der Waals surface area contributed by atoms with Crippen LogP contribution in [0.4, 0.5) is 11.6 Å². The molecular formula is C16H19N8O+. The van der Waals surface area contributed by atoms with Crippen molar-refractivity contribution in [3.05, 3.63) is 30.5 Å². The molecule has 1 unspecified atom stereocenters. The summed E-state index contributed by atoms with van der Waals surface area (Å²) in [5.41, 5.74) is 1.87. The van der Waals surface area contributed by atoms with Crippen molar-refractivity contribution >= 4 is 22.7 Å². The van der Waals surface area contributed by atoms with Crippen LogP contribution in [0.5, 0.6) is 5.88 Å². The standard InChI is InChI=1S/C16H18N8O/c1-10(8-24(2)3)25-16-12(5-17)18-7-15(23-16)22-14-4-11-13(6-19-14)21-9-20-11/h4,6-7,9-10H,8H2,1-3H3,(H,20,21)(H,19,22,23)/p+1. The summed E-state index contributed by atoms with van der Waals surface area (Å²) in [5.74, 6) is 1.38. The van der Waals surface area contributed by atoms with Crippen LogP contribution in [0, 0.1) is 11.3 Å². The summed E-state index contributed by atoms with van der Waals surface area (Å²) >= 11 is 0. The zero-order valence-electron chi connectivity index (χ0n) is 14.2. The van der Waals surface area contributed by atoms with Crippen LogP contribution >= 0.6 is 0 Å². The van der Waals surface area contributed by atoms with Gasteiger partial charge in [0.15, 0.2) is 0 Å². The number of likely N-dealkylation sites (N-methyl/N-ethyl adjacent to an activating group) is 1. The highest BCUT2D eigenvalue weighted by molar-refractivity contribution is 5.75.